The Morgan fingerprint density at radius 3 is 2.33 bits per heavy atom. The zero-order valence-corrected chi connectivity index (χ0v) is 20.7. The van der Waals surface area contributed by atoms with E-state index in [9.17, 15) is 19.2 Å². The van der Waals surface area contributed by atoms with Gasteiger partial charge >= 0.3 is 6.09 Å². The lowest BCUT2D eigenvalue weighted by Gasteiger charge is -2.37. The lowest BCUT2D eigenvalue weighted by molar-refractivity contribution is -0.142. The van der Waals surface area contributed by atoms with Crippen LogP contribution in [-0.4, -0.2) is 70.7 Å². The van der Waals surface area contributed by atoms with Gasteiger partial charge in [-0.25, -0.2) is 4.79 Å². The summed E-state index contributed by atoms with van der Waals surface area (Å²) >= 11 is 0. The molecule has 9 nitrogen and oxygen atoms in total. The average Bonchev–Trinajstić information content (AvgIpc) is 3.20. The van der Waals surface area contributed by atoms with E-state index in [-0.39, 0.29) is 24.3 Å². The molecule has 2 atom stereocenters. The van der Waals surface area contributed by atoms with Crippen molar-refractivity contribution in [2.75, 3.05) is 31.5 Å². The summed E-state index contributed by atoms with van der Waals surface area (Å²) in [6.45, 7) is 5.36. The van der Waals surface area contributed by atoms with E-state index >= 15 is 0 Å². The summed E-state index contributed by atoms with van der Waals surface area (Å²) in [6, 6.07) is 15.7. The molecule has 0 aliphatic carbocycles. The fourth-order valence-electron chi connectivity index (χ4n) is 4.65. The first-order valence-electron chi connectivity index (χ1n) is 12.3. The highest BCUT2D eigenvalue weighted by Crippen LogP contribution is 2.36. The molecule has 2 aliphatic heterocycles. The average molecular weight is 493 g/mol. The van der Waals surface area contributed by atoms with Gasteiger partial charge in [0.05, 0.1) is 6.54 Å². The van der Waals surface area contributed by atoms with E-state index in [1.54, 1.807) is 34.1 Å². The summed E-state index contributed by atoms with van der Waals surface area (Å²) in [7, 11) is 0. The number of nitrogens with zero attached hydrogens (tertiary/aromatic N) is 3. The zero-order valence-electron chi connectivity index (χ0n) is 20.7. The highest BCUT2D eigenvalue weighted by molar-refractivity contribution is 5.91. The quantitative estimate of drug-likeness (QED) is 0.640. The minimum absolute atomic E-state index is 0.0213. The van der Waals surface area contributed by atoms with Gasteiger partial charge < -0.3 is 19.9 Å². The molecule has 36 heavy (non-hydrogen) atoms. The van der Waals surface area contributed by atoms with Crippen molar-refractivity contribution in [1.82, 2.24) is 14.7 Å². The van der Waals surface area contributed by atoms with E-state index in [0.717, 1.165) is 12.0 Å². The molecule has 9 heteroatoms. The van der Waals surface area contributed by atoms with Crippen LogP contribution in [0.4, 0.5) is 10.5 Å². The van der Waals surface area contributed by atoms with Gasteiger partial charge in [0.15, 0.2) is 12.1 Å². The number of hydrogen-bond acceptors (Lipinski definition) is 5. The molecule has 0 saturated carbocycles. The Balaban J connectivity index is 1.61. The Kier molecular flexibility index (Phi) is 7.87. The van der Waals surface area contributed by atoms with E-state index < -0.39 is 18.2 Å². The maximum Gasteiger partial charge on any atom is 0.411 e. The van der Waals surface area contributed by atoms with Crippen LogP contribution in [0.2, 0.25) is 0 Å². The van der Waals surface area contributed by atoms with Crippen LogP contribution in [-0.2, 0) is 25.7 Å². The predicted octanol–water partition coefficient (Wildman–Crippen LogP) is 3.18. The number of hydrogen-bond donors (Lipinski definition) is 1. The van der Waals surface area contributed by atoms with Crippen LogP contribution in [0, 0.1) is 0 Å². The van der Waals surface area contributed by atoms with Crippen LogP contribution < -0.4 is 5.32 Å². The molecule has 2 saturated heterocycles. The smallest absolute Gasteiger partial charge is 0.411 e. The van der Waals surface area contributed by atoms with Crippen LogP contribution in [0.1, 0.15) is 43.9 Å². The number of cyclic esters (lactones) is 1. The highest BCUT2D eigenvalue weighted by atomic mass is 16.6. The first-order valence-corrected chi connectivity index (χ1v) is 12.3. The van der Waals surface area contributed by atoms with Gasteiger partial charge in [-0.3, -0.25) is 19.3 Å². The SMILES string of the molecule is CCCC(=O)Nc1cccc(C2OC(=O)N(Cc3ccccc3)C2C(=O)N2CCN(C(C)=O)CC2)c1. The molecular weight excluding hydrogens is 460 g/mol. The largest absolute Gasteiger partial charge is 0.438 e. The molecule has 4 rings (SSSR count). The molecule has 2 aliphatic rings. The molecular formula is C27H32N4O5. The van der Waals surface area contributed by atoms with E-state index in [4.69, 9.17) is 4.74 Å². The van der Waals surface area contributed by atoms with E-state index in [1.165, 1.54) is 11.8 Å². The number of ether oxygens (including phenoxy) is 1. The number of carbonyl (C=O) groups excluding carboxylic acids is 4. The van der Waals surface area contributed by atoms with E-state index in [2.05, 4.69) is 5.32 Å². The van der Waals surface area contributed by atoms with E-state index in [0.29, 0.717) is 43.9 Å². The standard InChI is InChI=1S/C27H32N4O5/c1-3-8-23(33)28-22-12-7-11-21(17-22)25-24(26(34)30-15-13-29(14-16-30)19(2)32)31(27(35)36-25)18-20-9-5-4-6-10-20/h4-7,9-12,17,24-25H,3,8,13-16,18H2,1-2H3,(H,28,33). The van der Waals surface area contributed by atoms with Crippen LogP contribution in [0.3, 0.4) is 0 Å². The first kappa shape index (κ1) is 25.2. The molecule has 0 bridgehead atoms. The summed E-state index contributed by atoms with van der Waals surface area (Å²) in [6.07, 6.45) is -0.262. The molecule has 2 aromatic rings. The van der Waals surface area contributed by atoms with E-state index in [1.807, 2.05) is 37.3 Å². The second-order valence-corrected chi connectivity index (χ2v) is 9.12. The molecule has 4 amide bonds. The number of piperazine rings is 1. The Bertz CT molecular complexity index is 1110. The lowest BCUT2D eigenvalue weighted by Crippen LogP contribution is -2.55. The maximum absolute atomic E-state index is 13.8. The Morgan fingerprint density at radius 1 is 0.972 bits per heavy atom. The molecule has 0 aromatic heterocycles. The summed E-state index contributed by atoms with van der Waals surface area (Å²) in [5.74, 6) is -0.336. The van der Waals surface area contributed by atoms with Crippen LogP contribution in [0.25, 0.3) is 0 Å². The van der Waals surface area contributed by atoms with Crippen molar-refractivity contribution in [2.45, 2.75) is 45.4 Å². The zero-order chi connectivity index (χ0) is 25.7. The topological polar surface area (TPSA) is 99.3 Å². The Morgan fingerprint density at radius 2 is 1.67 bits per heavy atom. The molecule has 2 unspecified atom stereocenters. The molecule has 2 fully saturated rings. The van der Waals surface area contributed by atoms with Gasteiger partial charge in [0, 0.05) is 45.2 Å². The van der Waals surface area contributed by atoms with Crippen molar-refractivity contribution in [3.63, 3.8) is 0 Å². The number of rotatable bonds is 7. The van der Waals surface area contributed by atoms with Gasteiger partial charge in [0.2, 0.25) is 17.7 Å². The van der Waals surface area contributed by atoms with Crippen LogP contribution >= 0.6 is 0 Å². The molecule has 2 aromatic carbocycles. The number of anilines is 1. The first-order chi connectivity index (χ1) is 17.4. The Hall–Kier alpha value is -3.88. The van der Waals surface area contributed by atoms with Crippen molar-refractivity contribution in [1.29, 1.82) is 0 Å². The molecule has 0 spiro atoms. The second kappa shape index (κ2) is 11.2. The minimum atomic E-state index is -0.872. The number of carbonyl (C=O) groups is 4. The predicted molar refractivity (Wildman–Crippen MR) is 134 cm³/mol. The van der Waals surface area contributed by atoms with Crippen molar-refractivity contribution >= 4 is 29.5 Å². The van der Waals surface area contributed by atoms with Gasteiger partial charge in [-0.15, -0.1) is 0 Å². The number of benzene rings is 2. The van der Waals surface area contributed by atoms with Crippen molar-refractivity contribution in [3.05, 3.63) is 65.7 Å². The molecule has 0 radical (unpaired) electrons. The van der Waals surface area contributed by atoms with Gasteiger partial charge in [-0.05, 0) is 29.7 Å². The minimum Gasteiger partial charge on any atom is -0.438 e. The Labute approximate surface area is 211 Å². The van der Waals surface area contributed by atoms with Gasteiger partial charge in [-0.1, -0.05) is 49.4 Å². The third kappa shape index (κ3) is 5.67. The van der Waals surface area contributed by atoms with Gasteiger partial charge in [-0.2, -0.15) is 0 Å². The third-order valence-electron chi connectivity index (χ3n) is 6.55. The highest BCUT2D eigenvalue weighted by Gasteiger charge is 2.48. The molecule has 190 valence electrons. The monoisotopic (exact) mass is 492 g/mol. The summed E-state index contributed by atoms with van der Waals surface area (Å²) in [4.78, 5) is 55.6. The summed E-state index contributed by atoms with van der Waals surface area (Å²) in [5.41, 5.74) is 2.11. The van der Waals surface area contributed by atoms with Gasteiger partial charge in [0.25, 0.3) is 0 Å². The maximum atomic E-state index is 13.8. The van der Waals surface area contributed by atoms with Crippen molar-refractivity contribution in [2.24, 2.45) is 0 Å². The molecule has 1 N–H and O–H groups in total. The number of nitrogens with one attached hydrogen (secondary N) is 1. The fourth-order valence-corrected chi connectivity index (χ4v) is 4.65. The summed E-state index contributed by atoms with van der Waals surface area (Å²) in [5, 5.41) is 2.87. The summed E-state index contributed by atoms with van der Waals surface area (Å²) < 4.78 is 5.79. The van der Waals surface area contributed by atoms with Crippen molar-refractivity contribution in [3.8, 4) is 0 Å². The van der Waals surface area contributed by atoms with Crippen LogP contribution in [0.5, 0.6) is 0 Å². The van der Waals surface area contributed by atoms with Crippen molar-refractivity contribution < 1.29 is 23.9 Å². The fraction of sp³-hybridized carbons (Fsp3) is 0.407. The lowest BCUT2D eigenvalue weighted by atomic mass is 9.99. The second-order valence-electron chi connectivity index (χ2n) is 9.12. The molecule has 2 heterocycles. The van der Waals surface area contributed by atoms with Gasteiger partial charge in [0.1, 0.15) is 0 Å². The number of amides is 4. The normalized spacial score (nSPS) is 19.7. The van der Waals surface area contributed by atoms with Crippen LogP contribution in [0.15, 0.2) is 54.6 Å². The third-order valence-corrected chi connectivity index (χ3v) is 6.55.